The quantitative estimate of drug-likeness (QED) is 0.291. The Morgan fingerprint density at radius 1 is 1.12 bits per heavy atom. The van der Waals surface area contributed by atoms with Gasteiger partial charge in [0.15, 0.2) is 0 Å². The molecule has 0 unspecified atom stereocenters. The first-order valence-electron chi connectivity index (χ1n) is 0.667. The van der Waals surface area contributed by atoms with E-state index >= 15 is 0 Å². The van der Waals surface area contributed by atoms with Gasteiger partial charge in [0.1, 0.15) is 0 Å². The molecule has 0 radical (unpaired) electrons. The third-order valence-corrected chi connectivity index (χ3v) is 0. The fourth-order valence-electron chi connectivity index (χ4n) is 0. The molecule has 8 heteroatoms. The van der Waals surface area contributed by atoms with Gasteiger partial charge in [-0.15, -0.1) is 0 Å². The molecule has 0 aromatic rings. The van der Waals surface area contributed by atoms with Crippen LogP contribution >= 0.6 is 0 Å². The van der Waals surface area contributed by atoms with Crippen molar-refractivity contribution in [3.8, 4) is 0 Å². The summed E-state index contributed by atoms with van der Waals surface area (Å²) in [6.45, 7) is 0. The minimum atomic E-state index is -5.17. The Hall–Kier alpha value is 0.284. The van der Waals surface area contributed by atoms with Crippen LogP contribution in [0.2, 0.25) is 0 Å². The maximum Gasteiger partial charge on any atom is 2.00 e. The molecule has 0 bridgehead atoms. The number of hydrogen-bond acceptors (Lipinski definition) is 5. The van der Waals surface area contributed by atoms with Gasteiger partial charge in [-0.1, -0.05) is 0 Å². The van der Waals surface area contributed by atoms with E-state index in [1.165, 1.54) is 0 Å². The summed E-state index contributed by atoms with van der Waals surface area (Å²) in [7, 11) is -5.17. The molecule has 0 spiro atoms. The number of rotatable bonds is 0. The Bertz CT molecular complexity index is 95.6. The SMILES string of the molecule is O=S(=O)([O-])[O-].[NH4+].[Ni+2].[OH-]. The predicted molar refractivity (Wildman–Crippen MR) is 18.4 cm³/mol. The molecule has 5 N–H and O–H groups in total. The molecule has 0 aliphatic carbocycles. The van der Waals surface area contributed by atoms with Gasteiger partial charge < -0.3 is 20.7 Å². The van der Waals surface area contributed by atoms with Crippen LogP contribution < -0.4 is 6.15 Å². The van der Waals surface area contributed by atoms with Crippen LogP contribution in [0.25, 0.3) is 0 Å². The second-order valence-electron chi connectivity index (χ2n) is 0.408. The van der Waals surface area contributed by atoms with Crippen LogP contribution in [0.3, 0.4) is 0 Å². The molecule has 6 nitrogen and oxygen atoms in total. The van der Waals surface area contributed by atoms with E-state index in [1.54, 1.807) is 0 Å². The number of quaternary nitrogens is 1. The van der Waals surface area contributed by atoms with Crippen LogP contribution in [-0.2, 0) is 26.9 Å². The Morgan fingerprint density at radius 3 is 1.12 bits per heavy atom. The van der Waals surface area contributed by atoms with Gasteiger partial charge in [0.25, 0.3) is 0 Å². The van der Waals surface area contributed by atoms with Crippen molar-refractivity contribution in [2.75, 3.05) is 0 Å². The van der Waals surface area contributed by atoms with Gasteiger partial charge in [-0.2, -0.15) is 0 Å². The molecule has 0 aromatic carbocycles. The van der Waals surface area contributed by atoms with Crippen molar-refractivity contribution >= 4 is 10.4 Å². The van der Waals surface area contributed by atoms with Crippen molar-refractivity contribution in [1.29, 1.82) is 0 Å². The van der Waals surface area contributed by atoms with Crippen LogP contribution in [-0.4, -0.2) is 23.0 Å². The normalized spacial score (nSPS) is 7.25. The van der Waals surface area contributed by atoms with Gasteiger partial charge in [0, 0.05) is 10.4 Å². The van der Waals surface area contributed by atoms with E-state index in [0.717, 1.165) is 0 Å². The van der Waals surface area contributed by atoms with Gasteiger partial charge >= 0.3 is 16.5 Å². The van der Waals surface area contributed by atoms with E-state index in [-0.39, 0.29) is 28.1 Å². The van der Waals surface area contributed by atoms with Gasteiger partial charge in [0.05, 0.1) is 0 Å². The molecule has 0 atom stereocenters. The Kier molecular flexibility index (Phi) is 21.8. The van der Waals surface area contributed by atoms with Crippen molar-refractivity contribution in [3.05, 3.63) is 0 Å². The minimum Gasteiger partial charge on any atom is -0.870 e. The average Bonchev–Trinajstić information content (AvgIpc) is 0.722. The molecule has 0 heterocycles. The molecule has 56 valence electrons. The molecular weight excluding hydrogens is 185 g/mol. The maximum absolute atomic E-state index is 8.52. The first-order chi connectivity index (χ1) is 2.00. The largest absolute Gasteiger partial charge is 2.00 e. The summed E-state index contributed by atoms with van der Waals surface area (Å²) < 4.78 is 34.1. The van der Waals surface area contributed by atoms with Crippen LogP contribution in [0.1, 0.15) is 0 Å². The topological polar surface area (TPSA) is 147 Å². The second-order valence-corrected chi connectivity index (χ2v) is 1.22. The molecule has 0 rings (SSSR count). The molecular formula is H5NNiO5S. The minimum absolute atomic E-state index is 0. The van der Waals surface area contributed by atoms with Gasteiger partial charge in [0.2, 0.25) is 0 Å². The van der Waals surface area contributed by atoms with Crippen LogP contribution in [0.5, 0.6) is 0 Å². The first-order valence-corrected chi connectivity index (χ1v) is 2.00. The molecule has 0 saturated carbocycles. The molecule has 0 fully saturated rings. The van der Waals surface area contributed by atoms with Crippen LogP contribution in [0, 0.1) is 0 Å². The average molecular weight is 190 g/mol. The van der Waals surface area contributed by atoms with E-state index in [2.05, 4.69) is 0 Å². The van der Waals surface area contributed by atoms with E-state index < -0.39 is 10.4 Å². The Labute approximate surface area is 56.7 Å². The fourth-order valence-corrected chi connectivity index (χ4v) is 0. The summed E-state index contributed by atoms with van der Waals surface area (Å²) in [5, 5.41) is 0. The number of hydrogen-bond donors (Lipinski definition) is 1. The van der Waals surface area contributed by atoms with Gasteiger partial charge in [-0.25, -0.2) is 0 Å². The monoisotopic (exact) mass is 189 g/mol. The summed E-state index contributed by atoms with van der Waals surface area (Å²) in [5.74, 6) is 0. The summed E-state index contributed by atoms with van der Waals surface area (Å²) >= 11 is 0. The molecule has 0 saturated heterocycles. The van der Waals surface area contributed by atoms with E-state index in [0.29, 0.717) is 0 Å². The van der Waals surface area contributed by atoms with E-state index in [1.807, 2.05) is 0 Å². The van der Waals surface area contributed by atoms with Crippen LogP contribution in [0.4, 0.5) is 0 Å². The summed E-state index contributed by atoms with van der Waals surface area (Å²) in [4.78, 5) is 0. The van der Waals surface area contributed by atoms with Crippen molar-refractivity contribution in [2.45, 2.75) is 0 Å². The molecule has 8 heavy (non-hydrogen) atoms. The van der Waals surface area contributed by atoms with E-state index in [9.17, 15) is 0 Å². The third-order valence-electron chi connectivity index (χ3n) is 0. The van der Waals surface area contributed by atoms with Crippen LogP contribution in [0.15, 0.2) is 0 Å². The van der Waals surface area contributed by atoms with Crippen molar-refractivity contribution in [3.63, 3.8) is 0 Å². The molecule has 0 aliphatic rings. The fraction of sp³-hybridized carbons (Fsp3) is 0. The maximum atomic E-state index is 8.52. The molecule has 0 aromatic heterocycles. The first kappa shape index (κ1) is 23.9. The molecule has 0 amide bonds. The third kappa shape index (κ3) is 2180. The summed E-state index contributed by atoms with van der Waals surface area (Å²) in [5.41, 5.74) is 0. The van der Waals surface area contributed by atoms with Crippen molar-refractivity contribution in [1.82, 2.24) is 6.15 Å². The van der Waals surface area contributed by atoms with Gasteiger partial charge in [-0.3, -0.25) is 8.42 Å². The smallest absolute Gasteiger partial charge is 0.870 e. The Morgan fingerprint density at radius 2 is 1.12 bits per heavy atom. The Balaban J connectivity index is -0.0000000267. The van der Waals surface area contributed by atoms with E-state index in [4.69, 9.17) is 17.5 Å². The molecule has 0 aliphatic heterocycles. The zero-order valence-corrected chi connectivity index (χ0v) is 5.61. The van der Waals surface area contributed by atoms with Gasteiger partial charge in [-0.05, 0) is 0 Å². The predicted octanol–water partition coefficient (Wildman–Crippen LogP) is -1.14. The zero-order chi connectivity index (χ0) is 4.50. The summed E-state index contributed by atoms with van der Waals surface area (Å²) in [6.07, 6.45) is 0. The van der Waals surface area contributed by atoms with Crippen molar-refractivity contribution in [2.24, 2.45) is 0 Å². The van der Waals surface area contributed by atoms with Crippen molar-refractivity contribution < 1.29 is 39.5 Å². The summed E-state index contributed by atoms with van der Waals surface area (Å²) in [6, 6.07) is 0. The standard InChI is InChI=1S/H3N.Ni.H2O4S.H2O/c;;1-5(2,3)4;/h1H3;;(H2,1,2,3,4);1H2/q;+2;;/p-2. The zero-order valence-electron chi connectivity index (χ0n) is 3.80. The second kappa shape index (κ2) is 7.28.